The first kappa shape index (κ1) is 16.3. The van der Waals surface area contributed by atoms with Gasteiger partial charge in [0.1, 0.15) is 10.6 Å². The number of amides is 1. The summed E-state index contributed by atoms with van der Waals surface area (Å²) in [5.41, 5.74) is 1.16. The summed E-state index contributed by atoms with van der Waals surface area (Å²) in [6.45, 7) is 7.56. The molecule has 5 nitrogen and oxygen atoms in total. The van der Waals surface area contributed by atoms with Gasteiger partial charge in [0.15, 0.2) is 0 Å². The molecule has 2 aromatic rings. The molecule has 22 heavy (non-hydrogen) atoms. The van der Waals surface area contributed by atoms with Crippen LogP contribution in [0.15, 0.2) is 35.8 Å². The van der Waals surface area contributed by atoms with E-state index in [4.69, 9.17) is 4.74 Å². The molecular weight excluding hydrogens is 298 g/mol. The normalized spacial score (nSPS) is 12.5. The second kappa shape index (κ2) is 6.79. The molecule has 0 aliphatic heterocycles. The van der Waals surface area contributed by atoms with Crippen LogP contribution in [-0.4, -0.2) is 16.7 Å². The van der Waals surface area contributed by atoms with Gasteiger partial charge in [-0.15, -0.1) is 11.3 Å². The van der Waals surface area contributed by atoms with E-state index in [0.29, 0.717) is 5.69 Å². The van der Waals surface area contributed by atoms with Crippen molar-refractivity contribution in [1.82, 2.24) is 4.98 Å². The van der Waals surface area contributed by atoms with Crippen LogP contribution < -0.4 is 10.6 Å². The number of aromatic nitrogens is 1. The molecule has 1 unspecified atom stereocenters. The van der Waals surface area contributed by atoms with Crippen LogP contribution >= 0.6 is 11.3 Å². The lowest BCUT2D eigenvalue weighted by atomic mass is 10.2. The summed E-state index contributed by atoms with van der Waals surface area (Å²) in [5.74, 6) is 0. The lowest BCUT2D eigenvalue weighted by Gasteiger charge is -2.19. The van der Waals surface area contributed by atoms with Crippen LogP contribution in [0.2, 0.25) is 0 Å². The van der Waals surface area contributed by atoms with Gasteiger partial charge < -0.3 is 10.1 Å². The molecule has 6 heteroatoms. The molecular formula is C16H21N3O2S. The van der Waals surface area contributed by atoms with E-state index in [2.05, 4.69) is 22.5 Å². The largest absolute Gasteiger partial charge is 0.444 e. The number of hydrogen-bond donors (Lipinski definition) is 2. The first-order valence-corrected chi connectivity index (χ1v) is 7.97. The van der Waals surface area contributed by atoms with Crippen molar-refractivity contribution in [1.29, 1.82) is 0 Å². The number of carbonyl (C=O) groups is 1. The minimum Gasteiger partial charge on any atom is -0.444 e. The fraction of sp³-hybridized carbons (Fsp3) is 0.375. The highest BCUT2D eigenvalue weighted by Gasteiger charge is 2.16. The maximum absolute atomic E-state index is 11.7. The topological polar surface area (TPSA) is 63.2 Å². The Morgan fingerprint density at radius 3 is 2.41 bits per heavy atom. The van der Waals surface area contributed by atoms with Gasteiger partial charge >= 0.3 is 6.09 Å². The smallest absolute Gasteiger partial charge is 0.412 e. The van der Waals surface area contributed by atoms with Crippen LogP contribution in [0.4, 0.5) is 16.2 Å². The summed E-state index contributed by atoms with van der Waals surface area (Å²) in [6.07, 6.45) is 1.34. The van der Waals surface area contributed by atoms with E-state index in [0.717, 1.165) is 10.7 Å². The molecule has 1 heterocycles. The van der Waals surface area contributed by atoms with Gasteiger partial charge in [0.05, 0.1) is 6.04 Å². The highest BCUT2D eigenvalue weighted by atomic mass is 32.1. The maximum atomic E-state index is 11.7. The maximum Gasteiger partial charge on any atom is 0.412 e. The second-order valence-electron chi connectivity index (χ2n) is 5.94. The lowest BCUT2D eigenvalue weighted by Crippen LogP contribution is -2.27. The van der Waals surface area contributed by atoms with E-state index in [1.807, 2.05) is 50.4 Å². The number of nitrogens with zero attached hydrogens (tertiary/aromatic N) is 1. The predicted octanol–water partition coefficient (Wildman–Crippen LogP) is 4.66. The SMILES string of the molecule is CC(Nc1ccc(NC(=O)OC(C)(C)C)cc1)c1nccs1. The molecule has 0 radical (unpaired) electrons. The third-order valence-corrected chi connectivity index (χ3v) is 3.69. The van der Waals surface area contributed by atoms with Gasteiger partial charge in [0.25, 0.3) is 0 Å². The Balaban J connectivity index is 1.91. The Kier molecular flexibility index (Phi) is 5.03. The first-order valence-electron chi connectivity index (χ1n) is 7.09. The van der Waals surface area contributed by atoms with Crippen LogP contribution in [0.5, 0.6) is 0 Å². The summed E-state index contributed by atoms with van der Waals surface area (Å²) in [5, 5.41) is 9.07. The van der Waals surface area contributed by atoms with Gasteiger partial charge in [-0.2, -0.15) is 0 Å². The molecule has 0 saturated carbocycles. The van der Waals surface area contributed by atoms with Gasteiger partial charge in [-0.1, -0.05) is 0 Å². The molecule has 1 amide bonds. The molecule has 0 aliphatic carbocycles. The summed E-state index contributed by atoms with van der Waals surface area (Å²) in [6, 6.07) is 7.64. The van der Waals surface area contributed by atoms with E-state index in [-0.39, 0.29) is 6.04 Å². The Hall–Kier alpha value is -2.08. The molecule has 0 fully saturated rings. The fourth-order valence-corrected chi connectivity index (χ4v) is 2.48. The van der Waals surface area contributed by atoms with Crippen molar-refractivity contribution in [3.05, 3.63) is 40.8 Å². The quantitative estimate of drug-likeness (QED) is 0.860. The molecule has 2 N–H and O–H groups in total. The number of benzene rings is 1. The van der Waals surface area contributed by atoms with Crippen LogP contribution in [0.3, 0.4) is 0 Å². The monoisotopic (exact) mass is 319 g/mol. The molecule has 2 rings (SSSR count). The zero-order valence-electron chi connectivity index (χ0n) is 13.2. The Morgan fingerprint density at radius 1 is 1.23 bits per heavy atom. The molecule has 0 bridgehead atoms. The number of anilines is 2. The van der Waals surface area contributed by atoms with Crippen molar-refractivity contribution in [3.63, 3.8) is 0 Å². The number of carbonyl (C=O) groups excluding carboxylic acids is 1. The van der Waals surface area contributed by atoms with E-state index < -0.39 is 11.7 Å². The van der Waals surface area contributed by atoms with Gasteiger partial charge in [-0.25, -0.2) is 9.78 Å². The van der Waals surface area contributed by atoms with Crippen LogP contribution in [-0.2, 0) is 4.74 Å². The van der Waals surface area contributed by atoms with Crippen LogP contribution in [0.1, 0.15) is 38.7 Å². The van der Waals surface area contributed by atoms with E-state index in [1.165, 1.54) is 0 Å². The summed E-state index contributed by atoms with van der Waals surface area (Å²) < 4.78 is 5.21. The lowest BCUT2D eigenvalue weighted by molar-refractivity contribution is 0.0636. The zero-order valence-corrected chi connectivity index (χ0v) is 14.0. The number of hydrogen-bond acceptors (Lipinski definition) is 5. The van der Waals surface area contributed by atoms with Crippen molar-refractivity contribution in [2.24, 2.45) is 0 Å². The molecule has 1 aromatic carbocycles. The average Bonchev–Trinajstić information content (AvgIpc) is 2.92. The molecule has 0 saturated heterocycles. The van der Waals surface area contributed by atoms with Crippen molar-refractivity contribution in [3.8, 4) is 0 Å². The Bertz CT molecular complexity index is 603. The van der Waals surface area contributed by atoms with E-state index in [9.17, 15) is 4.79 Å². The van der Waals surface area contributed by atoms with E-state index >= 15 is 0 Å². The highest BCUT2D eigenvalue weighted by Crippen LogP contribution is 2.22. The second-order valence-corrected chi connectivity index (χ2v) is 6.87. The third-order valence-electron chi connectivity index (χ3n) is 2.74. The van der Waals surface area contributed by atoms with Crippen LogP contribution in [0.25, 0.3) is 0 Å². The van der Waals surface area contributed by atoms with Gasteiger partial charge in [0.2, 0.25) is 0 Å². The average molecular weight is 319 g/mol. The third kappa shape index (κ3) is 5.04. The molecule has 1 atom stereocenters. The van der Waals surface area contributed by atoms with Crippen LogP contribution in [0, 0.1) is 0 Å². The van der Waals surface area contributed by atoms with Gasteiger partial charge in [-0.3, -0.25) is 5.32 Å². The predicted molar refractivity (Wildman–Crippen MR) is 90.5 cm³/mol. The molecule has 0 spiro atoms. The standard InChI is InChI=1S/C16H21N3O2S/c1-11(14-17-9-10-22-14)18-12-5-7-13(8-6-12)19-15(20)21-16(2,3)4/h5-11,18H,1-4H3,(H,19,20). The number of ether oxygens (including phenoxy) is 1. The highest BCUT2D eigenvalue weighted by molar-refractivity contribution is 7.09. The fourth-order valence-electron chi connectivity index (χ4n) is 1.83. The van der Waals surface area contributed by atoms with Crippen molar-refractivity contribution in [2.75, 3.05) is 10.6 Å². The number of nitrogens with one attached hydrogen (secondary N) is 2. The number of rotatable bonds is 4. The van der Waals surface area contributed by atoms with Crippen molar-refractivity contribution < 1.29 is 9.53 Å². The summed E-state index contributed by atoms with van der Waals surface area (Å²) in [7, 11) is 0. The van der Waals surface area contributed by atoms with Crippen molar-refractivity contribution in [2.45, 2.75) is 39.3 Å². The molecule has 118 valence electrons. The van der Waals surface area contributed by atoms with Gasteiger partial charge in [0, 0.05) is 23.0 Å². The van der Waals surface area contributed by atoms with Gasteiger partial charge in [-0.05, 0) is 52.0 Å². The van der Waals surface area contributed by atoms with Crippen molar-refractivity contribution >= 4 is 28.8 Å². The molecule has 0 aliphatic rings. The number of thiazole rings is 1. The minimum atomic E-state index is -0.505. The minimum absolute atomic E-state index is 0.143. The Labute approximate surface area is 134 Å². The van der Waals surface area contributed by atoms with E-state index in [1.54, 1.807) is 17.5 Å². The summed E-state index contributed by atoms with van der Waals surface area (Å²) in [4.78, 5) is 16.0. The summed E-state index contributed by atoms with van der Waals surface area (Å²) >= 11 is 1.62. The first-order chi connectivity index (χ1) is 10.3. The Morgan fingerprint density at radius 2 is 1.86 bits per heavy atom. The zero-order chi connectivity index (χ0) is 16.2. The molecule has 1 aromatic heterocycles.